The third kappa shape index (κ3) is 43.0. The summed E-state index contributed by atoms with van der Waals surface area (Å²) in [5.74, 6) is -4.48. The van der Waals surface area contributed by atoms with Crippen LogP contribution in [0.5, 0.6) is 0 Å². The van der Waals surface area contributed by atoms with Crippen molar-refractivity contribution >= 4 is 52.9 Å². The molecule has 0 radical (unpaired) electrons. The van der Waals surface area contributed by atoms with Crippen LogP contribution < -0.4 is 21.7 Å². The Kier molecular flexibility index (Phi) is 42.3. The van der Waals surface area contributed by atoms with Crippen LogP contribution in [0.4, 0.5) is 0 Å². The Morgan fingerprint density at radius 2 is 1.01 bits per heavy atom. The number of nitrogens with two attached hydrogens (primary N) is 1. The number of carbonyl (C=O) groups excluding carboxylic acids is 7. The van der Waals surface area contributed by atoms with E-state index < -0.39 is 41.1 Å². The number of amides is 4. The molecule has 0 saturated heterocycles. The molecular weight excluding hydrogens is 957 g/mol. The van der Waals surface area contributed by atoms with Crippen molar-refractivity contribution in [1.82, 2.24) is 16.0 Å². The highest BCUT2D eigenvalue weighted by molar-refractivity contribution is 5.92. The van der Waals surface area contributed by atoms with E-state index in [4.69, 9.17) is 29.8 Å². The fourth-order valence-electron chi connectivity index (χ4n) is 8.07. The van der Waals surface area contributed by atoms with Crippen molar-refractivity contribution in [2.75, 3.05) is 65.9 Å². The van der Waals surface area contributed by atoms with Crippen LogP contribution in [0.3, 0.4) is 0 Å². The van der Waals surface area contributed by atoms with Gasteiger partial charge in [-0.2, -0.15) is 0 Å². The van der Waals surface area contributed by atoms with Crippen LogP contribution in [0.2, 0.25) is 0 Å². The quantitative estimate of drug-likeness (QED) is 0.0318. The summed E-state index contributed by atoms with van der Waals surface area (Å²) in [5, 5.41) is 26.3. The summed E-state index contributed by atoms with van der Waals surface area (Å²) in [6.07, 6.45) is 18.6. The molecule has 7 N–H and O–H groups in total. The number of carbonyl (C=O) groups is 9. The fraction of sp³-hybridized carbons (Fsp3) is 0.836. The van der Waals surface area contributed by atoms with Gasteiger partial charge in [0.25, 0.3) is 0 Å². The molecule has 19 nitrogen and oxygen atoms in total. The highest BCUT2D eigenvalue weighted by Crippen LogP contribution is 2.27. The zero-order chi connectivity index (χ0) is 55.4. The summed E-state index contributed by atoms with van der Waals surface area (Å²) in [6.45, 7) is 11.0. The summed E-state index contributed by atoms with van der Waals surface area (Å²) >= 11 is 0. The normalized spacial score (nSPS) is 12.7. The van der Waals surface area contributed by atoms with Crippen molar-refractivity contribution < 1.29 is 75.2 Å². The third-order valence-corrected chi connectivity index (χ3v) is 12.5. The maximum atomic E-state index is 13.2. The maximum absolute atomic E-state index is 13.2. The molecular formula is C55H102N4O15. The van der Waals surface area contributed by atoms with Gasteiger partial charge in [-0.1, -0.05) is 118 Å². The fourth-order valence-corrected chi connectivity index (χ4v) is 8.07. The van der Waals surface area contributed by atoms with Gasteiger partial charge < -0.3 is 50.8 Å². The predicted molar refractivity (Wildman–Crippen MR) is 286 cm³/mol. The van der Waals surface area contributed by atoms with Gasteiger partial charge in [0.15, 0.2) is 0 Å². The molecule has 0 spiro atoms. The van der Waals surface area contributed by atoms with Crippen LogP contribution in [-0.4, -0.2) is 135 Å². The molecule has 0 aliphatic rings. The number of ether oxygens (including phenoxy) is 4. The minimum absolute atomic E-state index is 0. The number of primary amides is 1. The lowest BCUT2D eigenvalue weighted by atomic mass is 9.79. The van der Waals surface area contributed by atoms with Gasteiger partial charge in [-0.05, 0) is 50.9 Å². The summed E-state index contributed by atoms with van der Waals surface area (Å²) in [7, 11) is 0. The number of unbranched alkanes of at least 4 members (excludes halogenated alkanes) is 14. The predicted octanol–water partition coefficient (Wildman–Crippen LogP) is 7.70. The van der Waals surface area contributed by atoms with Crippen LogP contribution in [-0.2, 0) is 62.1 Å². The first-order valence-electron chi connectivity index (χ1n) is 27.7. The molecule has 74 heavy (non-hydrogen) atoms. The molecule has 1 unspecified atom stereocenters. The zero-order valence-electron chi connectivity index (χ0n) is 46.0. The Bertz CT molecular complexity index is 1620. The third-order valence-electron chi connectivity index (χ3n) is 12.5. The minimum atomic E-state index is -1.17. The van der Waals surface area contributed by atoms with E-state index in [1.807, 2.05) is 34.6 Å². The lowest BCUT2D eigenvalue weighted by Gasteiger charge is -2.23. The monoisotopic (exact) mass is 1060 g/mol. The second-order valence-electron chi connectivity index (χ2n) is 21.0. The van der Waals surface area contributed by atoms with E-state index in [1.54, 1.807) is 0 Å². The first-order chi connectivity index (χ1) is 35.2. The van der Waals surface area contributed by atoms with E-state index in [2.05, 4.69) is 16.0 Å². The lowest BCUT2D eigenvalue weighted by Crippen LogP contribution is -2.41. The number of hydrogen-bond acceptors (Lipinski definition) is 13. The summed E-state index contributed by atoms with van der Waals surface area (Å²) < 4.78 is 21.6. The van der Waals surface area contributed by atoms with Gasteiger partial charge in [-0.3, -0.25) is 38.4 Å². The lowest BCUT2D eigenvalue weighted by molar-refractivity contribution is -0.142. The molecule has 0 heterocycles. The average molecular weight is 1060 g/mol. The van der Waals surface area contributed by atoms with Gasteiger partial charge in [-0.15, -0.1) is 0 Å². The molecule has 0 aromatic carbocycles. The van der Waals surface area contributed by atoms with Gasteiger partial charge >= 0.3 is 11.9 Å². The zero-order valence-corrected chi connectivity index (χ0v) is 46.0. The number of carboxylic acid groups (broad SMARTS) is 2. The van der Waals surface area contributed by atoms with Gasteiger partial charge in [0.05, 0.1) is 33.0 Å². The van der Waals surface area contributed by atoms with Gasteiger partial charge in [0.1, 0.15) is 36.6 Å². The molecule has 0 aromatic heterocycles. The van der Waals surface area contributed by atoms with E-state index >= 15 is 0 Å². The van der Waals surface area contributed by atoms with Crippen LogP contribution in [0.1, 0.15) is 204 Å². The van der Waals surface area contributed by atoms with Crippen LogP contribution in [0.25, 0.3) is 0 Å². The number of Topliss-reactive ketones (excluding diaryl/α,β-unsaturated/α-hetero) is 3. The van der Waals surface area contributed by atoms with Crippen molar-refractivity contribution in [3.05, 3.63) is 0 Å². The standard InChI is InChI=1S/C55H98N4O15.2H2/c1-42(2)37-44(53(56)68)38-47(61)43(39-48(62)55(3,4)5)23-20-21-29-57-50(64)40-74-36-34-72-32-30-58-51(65)41-73-35-33-71-31-22-24-45(60)27-28-46(54(69)70)59-49(63)25-18-16-14-12-10-8-6-7-9-11-13-15-17-19-26-52(66)67;;/h42-44,46H,6-41H2,1-5H3,(H2,56,68)(H,57,64)(H,58,65)(H,59,63)(H,66,67)(H,69,70);2*1H/t43-,44-,46?;;/m1../s1. The second-order valence-corrected chi connectivity index (χ2v) is 21.0. The maximum Gasteiger partial charge on any atom is 0.326 e. The molecule has 3 atom stereocenters. The molecule has 0 aliphatic carbocycles. The second kappa shape index (κ2) is 44.9. The van der Waals surface area contributed by atoms with Crippen molar-refractivity contribution in [3.8, 4) is 0 Å². The largest absolute Gasteiger partial charge is 0.481 e. The number of carboxylic acids is 2. The smallest absolute Gasteiger partial charge is 0.326 e. The number of rotatable bonds is 52. The molecule has 0 saturated carbocycles. The van der Waals surface area contributed by atoms with Gasteiger partial charge in [0, 0.05) is 78.3 Å². The van der Waals surface area contributed by atoms with E-state index in [-0.39, 0.29) is 142 Å². The molecule has 0 aliphatic heterocycles. The topological polar surface area (TPSA) is 293 Å². The Balaban J connectivity index is -0.0000266. The highest BCUT2D eigenvalue weighted by atomic mass is 16.5. The molecule has 0 fully saturated rings. The van der Waals surface area contributed by atoms with Crippen molar-refractivity contribution in [1.29, 1.82) is 0 Å². The minimum Gasteiger partial charge on any atom is -0.481 e. The van der Waals surface area contributed by atoms with Gasteiger partial charge in [0.2, 0.25) is 23.6 Å². The Labute approximate surface area is 445 Å². The Morgan fingerprint density at radius 3 is 1.51 bits per heavy atom. The van der Waals surface area contributed by atoms with Gasteiger partial charge in [-0.25, -0.2) is 4.79 Å². The first-order valence-corrected chi connectivity index (χ1v) is 27.7. The van der Waals surface area contributed by atoms with Crippen LogP contribution >= 0.6 is 0 Å². The Hall–Kier alpha value is -4.33. The average Bonchev–Trinajstić information content (AvgIpc) is 3.32. The Morgan fingerprint density at radius 1 is 0.514 bits per heavy atom. The summed E-state index contributed by atoms with van der Waals surface area (Å²) in [4.78, 5) is 109. The van der Waals surface area contributed by atoms with E-state index in [0.717, 1.165) is 38.5 Å². The number of hydrogen-bond donors (Lipinski definition) is 6. The molecule has 0 bridgehead atoms. The van der Waals surface area contributed by atoms with E-state index in [1.165, 1.54) is 44.9 Å². The molecule has 0 rings (SSSR count). The van der Waals surface area contributed by atoms with Crippen LogP contribution in [0.15, 0.2) is 0 Å². The van der Waals surface area contributed by atoms with Crippen molar-refractivity contribution in [2.24, 2.45) is 28.9 Å². The highest BCUT2D eigenvalue weighted by Gasteiger charge is 2.31. The first kappa shape index (κ1) is 69.7. The molecule has 19 heteroatoms. The molecule has 432 valence electrons. The molecule has 0 aromatic rings. The molecule has 4 amide bonds. The van der Waals surface area contributed by atoms with E-state index in [9.17, 15) is 48.3 Å². The SMILES string of the molecule is CC(C)C[C@H](CC(=O)[C@H](CCCCNC(=O)COCCOCCNC(=O)COCCOCCCC(=O)CCC(NC(=O)CCCCCCCCCCCCCCCCC(=O)O)C(=O)O)CC(=O)C(C)(C)C)C(N)=O.[HH].[HH]. The van der Waals surface area contributed by atoms with Crippen LogP contribution in [0, 0.1) is 23.2 Å². The number of aliphatic carboxylic acids is 2. The van der Waals surface area contributed by atoms with E-state index in [0.29, 0.717) is 51.7 Å². The number of nitrogens with one attached hydrogen (secondary N) is 3. The van der Waals surface area contributed by atoms with Crippen molar-refractivity contribution in [2.45, 2.75) is 208 Å². The summed E-state index contributed by atoms with van der Waals surface area (Å²) in [6, 6.07) is -1.11. The van der Waals surface area contributed by atoms with Crippen molar-refractivity contribution in [3.63, 3.8) is 0 Å². The number of ketones is 3. The summed E-state index contributed by atoms with van der Waals surface area (Å²) in [5.41, 5.74) is 4.98.